The molecular weight excluding hydrogens is 266 g/mol. The highest BCUT2D eigenvalue weighted by molar-refractivity contribution is 5.78. The van der Waals surface area contributed by atoms with Crippen LogP contribution in [0.4, 0.5) is 0 Å². The number of hydrogen-bond donors (Lipinski definition) is 1. The topological polar surface area (TPSA) is 44.8 Å². The quantitative estimate of drug-likeness (QED) is 0.838. The van der Waals surface area contributed by atoms with E-state index in [1.165, 1.54) is 25.7 Å². The van der Waals surface area contributed by atoms with E-state index in [0.717, 1.165) is 45.9 Å². The molecule has 3 rings (SSSR count). The second-order valence-electron chi connectivity index (χ2n) is 6.85. The van der Waals surface area contributed by atoms with Gasteiger partial charge in [0.2, 0.25) is 5.91 Å². The van der Waals surface area contributed by atoms with Gasteiger partial charge in [-0.1, -0.05) is 12.8 Å². The number of carbonyl (C=O) groups is 1. The van der Waals surface area contributed by atoms with Crippen molar-refractivity contribution in [1.29, 1.82) is 0 Å². The van der Waals surface area contributed by atoms with Gasteiger partial charge in [-0.25, -0.2) is 0 Å². The van der Waals surface area contributed by atoms with Crippen LogP contribution in [0.15, 0.2) is 0 Å². The lowest BCUT2D eigenvalue weighted by Crippen LogP contribution is -2.57. The van der Waals surface area contributed by atoms with Gasteiger partial charge in [0, 0.05) is 50.7 Å². The lowest BCUT2D eigenvalue weighted by Gasteiger charge is -2.45. The Hall–Kier alpha value is -0.650. The van der Waals surface area contributed by atoms with Crippen LogP contribution in [0.1, 0.15) is 39.0 Å². The summed E-state index contributed by atoms with van der Waals surface area (Å²) in [7, 11) is 0. The number of nitrogens with zero attached hydrogens (tertiary/aromatic N) is 2. The number of nitrogens with one attached hydrogen (secondary N) is 1. The number of morpholine rings is 1. The first-order chi connectivity index (χ1) is 10.2. The van der Waals surface area contributed by atoms with E-state index in [-0.39, 0.29) is 5.54 Å². The fourth-order valence-electron chi connectivity index (χ4n) is 4.27. The highest BCUT2D eigenvalue weighted by Gasteiger charge is 2.43. The predicted molar refractivity (Wildman–Crippen MR) is 82.3 cm³/mol. The van der Waals surface area contributed by atoms with Crippen molar-refractivity contribution in [2.75, 3.05) is 45.9 Å². The minimum absolute atomic E-state index is 0.117. The Morgan fingerprint density at radius 3 is 2.62 bits per heavy atom. The third-order valence-corrected chi connectivity index (χ3v) is 5.52. The lowest BCUT2D eigenvalue weighted by molar-refractivity contribution is -0.138. The van der Waals surface area contributed by atoms with Crippen molar-refractivity contribution in [3.8, 4) is 0 Å². The number of carbonyl (C=O) groups excluding carboxylic acids is 1. The predicted octanol–water partition coefficient (Wildman–Crippen LogP) is 0.842. The van der Waals surface area contributed by atoms with Crippen molar-refractivity contribution in [2.45, 2.75) is 50.6 Å². The van der Waals surface area contributed by atoms with Crippen LogP contribution in [0.25, 0.3) is 0 Å². The summed E-state index contributed by atoms with van der Waals surface area (Å²) in [5, 5.41) is 3.37. The molecule has 0 aromatic heterocycles. The van der Waals surface area contributed by atoms with Crippen molar-refractivity contribution in [1.82, 2.24) is 15.1 Å². The number of rotatable bonds is 3. The van der Waals surface area contributed by atoms with Crippen molar-refractivity contribution >= 4 is 5.91 Å². The smallest absolute Gasteiger partial charge is 0.224 e. The first-order valence-corrected chi connectivity index (χ1v) is 8.54. The van der Waals surface area contributed by atoms with Crippen LogP contribution in [0, 0.1) is 0 Å². The molecule has 1 atom stereocenters. The molecule has 1 N–H and O–H groups in total. The average Bonchev–Trinajstić information content (AvgIpc) is 2.98. The summed E-state index contributed by atoms with van der Waals surface area (Å²) in [5.41, 5.74) is 0.117. The van der Waals surface area contributed by atoms with E-state index < -0.39 is 0 Å². The van der Waals surface area contributed by atoms with Gasteiger partial charge in [-0.2, -0.15) is 0 Å². The van der Waals surface area contributed by atoms with Gasteiger partial charge in [0.05, 0.1) is 13.2 Å². The van der Waals surface area contributed by atoms with E-state index in [1.54, 1.807) is 0 Å². The molecule has 2 heterocycles. The molecule has 21 heavy (non-hydrogen) atoms. The SMILES string of the molecule is CC1CNCCN1C(=O)CC1(N2CCOCC2)CCCC1. The van der Waals surface area contributed by atoms with Crippen LogP contribution in [0.3, 0.4) is 0 Å². The molecule has 3 aliphatic rings. The molecule has 5 nitrogen and oxygen atoms in total. The molecule has 0 spiro atoms. The van der Waals surface area contributed by atoms with E-state index in [9.17, 15) is 4.79 Å². The molecule has 3 fully saturated rings. The Balaban J connectivity index is 1.68. The minimum Gasteiger partial charge on any atom is -0.379 e. The first-order valence-electron chi connectivity index (χ1n) is 8.54. The Labute approximate surface area is 128 Å². The maximum absolute atomic E-state index is 12.9. The van der Waals surface area contributed by atoms with Crippen molar-refractivity contribution in [2.24, 2.45) is 0 Å². The molecule has 120 valence electrons. The molecule has 1 amide bonds. The van der Waals surface area contributed by atoms with E-state index >= 15 is 0 Å². The summed E-state index contributed by atoms with van der Waals surface area (Å²) < 4.78 is 5.50. The number of hydrogen-bond acceptors (Lipinski definition) is 4. The van der Waals surface area contributed by atoms with Gasteiger partial charge in [0.1, 0.15) is 0 Å². The largest absolute Gasteiger partial charge is 0.379 e. The van der Waals surface area contributed by atoms with Gasteiger partial charge in [-0.3, -0.25) is 9.69 Å². The first kappa shape index (κ1) is 15.3. The maximum Gasteiger partial charge on any atom is 0.224 e. The maximum atomic E-state index is 12.9. The normalized spacial score (nSPS) is 30.5. The number of amides is 1. The van der Waals surface area contributed by atoms with Gasteiger partial charge >= 0.3 is 0 Å². The summed E-state index contributed by atoms with van der Waals surface area (Å²) in [6.45, 7) is 8.49. The van der Waals surface area contributed by atoms with Crippen LogP contribution in [0.5, 0.6) is 0 Å². The summed E-state index contributed by atoms with van der Waals surface area (Å²) >= 11 is 0. The van der Waals surface area contributed by atoms with E-state index in [1.807, 2.05) is 0 Å². The van der Waals surface area contributed by atoms with E-state index in [0.29, 0.717) is 18.4 Å². The summed E-state index contributed by atoms with van der Waals surface area (Å²) in [4.78, 5) is 17.5. The standard InChI is InChI=1S/C16H29N3O2/c1-14-13-17-6-7-19(14)15(20)12-16(4-2-3-5-16)18-8-10-21-11-9-18/h14,17H,2-13H2,1H3. The summed E-state index contributed by atoms with van der Waals surface area (Å²) in [6, 6.07) is 0.328. The molecule has 1 aliphatic carbocycles. The van der Waals surface area contributed by atoms with Gasteiger partial charge in [-0.05, 0) is 19.8 Å². The molecule has 0 aromatic rings. The zero-order valence-electron chi connectivity index (χ0n) is 13.3. The highest BCUT2D eigenvalue weighted by Crippen LogP contribution is 2.39. The Morgan fingerprint density at radius 1 is 1.24 bits per heavy atom. The highest BCUT2D eigenvalue weighted by atomic mass is 16.5. The van der Waals surface area contributed by atoms with E-state index in [2.05, 4.69) is 22.0 Å². The molecule has 1 unspecified atom stereocenters. The van der Waals surface area contributed by atoms with Crippen molar-refractivity contribution in [3.05, 3.63) is 0 Å². The summed E-state index contributed by atoms with van der Waals surface area (Å²) in [6.07, 6.45) is 5.60. The second kappa shape index (κ2) is 6.63. The monoisotopic (exact) mass is 295 g/mol. The van der Waals surface area contributed by atoms with Gasteiger partial charge in [0.25, 0.3) is 0 Å². The fourth-order valence-corrected chi connectivity index (χ4v) is 4.27. The zero-order valence-corrected chi connectivity index (χ0v) is 13.3. The lowest BCUT2D eigenvalue weighted by atomic mass is 9.89. The molecule has 0 aromatic carbocycles. The van der Waals surface area contributed by atoms with Crippen LogP contribution in [-0.4, -0.2) is 73.2 Å². The fraction of sp³-hybridized carbons (Fsp3) is 0.938. The number of ether oxygens (including phenoxy) is 1. The molecule has 2 saturated heterocycles. The zero-order chi connectivity index (χ0) is 14.7. The van der Waals surface area contributed by atoms with Crippen LogP contribution < -0.4 is 5.32 Å². The molecule has 0 bridgehead atoms. The van der Waals surface area contributed by atoms with E-state index in [4.69, 9.17) is 4.74 Å². The van der Waals surface area contributed by atoms with Crippen LogP contribution in [-0.2, 0) is 9.53 Å². The Bertz CT molecular complexity index is 363. The molecule has 1 saturated carbocycles. The van der Waals surface area contributed by atoms with Gasteiger partial charge in [0.15, 0.2) is 0 Å². The van der Waals surface area contributed by atoms with Gasteiger partial charge in [-0.15, -0.1) is 0 Å². The van der Waals surface area contributed by atoms with Crippen LogP contribution >= 0.6 is 0 Å². The second-order valence-corrected chi connectivity index (χ2v) is 6.85. The molecule has 5 heteroatoms. The minimum atomic E-state index is 0.117. The third-order valence-electron chi connectivity index (χ3n) is 5.52. The average molecular weight is 295 g/mol. The van der Waals surface area contributed by atoms with Crippen molar-refractivity contribution < 1.29 is 9.53 Å². The van der Waals surface area contributed by atoms with Gasteiger partial charge < -0.3 is 15.0 Å². The summed E-state index contributed by atoms with van der Waals surface area (Å²) in [5.74, 6) is 0.359. The Morgan fingerprint density at radius 2 is 1.95 bits per heavy atom. The Kier molecular flexibility index (Phi) is 4.82. The third kappa shape index (κ3) is 3.25. The number of piperazine rings is 1. The van der Waals surface area contributed by atoms with Crippen LogP contribution in [0.2, 0.25) is 0 Å². The van der Waals surface area contributed by atoms with Crippen molar-refractivity contribution in [3.63, 3.8) is 0 Å². The molecule has 0 radical (unpaired) electrons. The molecule has 2 aliphatic heterocycles. The molecular formula is C16H29N3O2.